The van der Waals surface area contributed by atoms with E-state index in [2.05, 4.69) is 15.1 Å². The Balaban J connectivity index is 1.55. The fraction of sp³-hybridized carbons (Fsp3) is 0.143. The highest BCUT2D eigenvalue weighted by Crippen LogP contribution is 2.33. The second-order valence-electron chi connectivity index (χ2n) is 7.17. The number of nitrogens with one attached hydrogen (secondary N) is 2. The maximum Gasteiger partial charge on any atom is 0.278 e. The first kappa shape index (κ1) is 18.0. The third-order valence-corrected chi connectivity index (χ3v) is 5.29. The highest BCUT2D eigenvalue weighted by molar-refractivity contribution is 6.22. The van der Waals surface area contributed by atoms with E-state index in [0.29, 0.717) is 17.2 Å². The number of carbonyl (C=O) groups is 2. The lowest BCUT2D eigenvalue weighted by Gasteiger charge is -2.14. The van der Waals surface area contributed by atoms with Crippen LogP contribution in [0.15, 0.2) is 53.3 Å². The minimum absolute atomic E-state index is 0.135. The van der Waals surface area contributed by atoms with Crippen LogP contribution in [-0.4, -0.2) is 31.6 Å². The van der Waals surface area contributed by atoms with Gasteiger partial charge in [-0.1, -0.05) is 12.1 Å². The number of aromatic nitrogens is 4. The molecular weight excluding hydrogens is 389 g/mol. The Morgan fingerprint density at radius 1 is 1.07 bits per heavy atom. The molecule has 2 aromatic carbocycles. The summed E-state index contributed by atoms with van der Waals surface area (Å²) in [5.41, 5.74) is 2.00. The first-order valence-corrected chi connectivity index (χ1v) is 9.33. The molecule has 150 valence electrons. The summed E-state index contributed by atoms with van der Waals surface area (Å²) in [5, 5.41) is 2.94. The van der Waals surface area contributed by atoms with Gasteiger partial charge in [-0.25, -0.2) is 14.3 Å². The molecule has 4 aromatic rings. The van der Waals surface area contributed by atoms with Crippen molar-refractivity contribution < 1.29 is 14.0 Å². The number of aryl methyl sites for hydroxylation is 1. The minimum atomic E-state index is -0.920. The van der Waals surface area contributed by atoms with Gasteiger partial charge in [-0.15, -0.1) is 0 Å². The number of fused-ring (bicyclic) bond motifs is 1. The number of hydrogen-bond donors (Lipinski definition) is 2. The van der Waals surface area contributed by atoms with Crippen molar-refractivity contribution in [2.45, 2.75) is 19.3 Å². The van der Waals surface area contributed by atoms with Crippen LogP contribution in [0, 0.1) is 12.7 Å². The van der Waals surface area contributed by atoms with Crippen molar-refractivity contribution in [3.05, 3.63) is 76.0 Å². The quantitative estimate of drug-likeness (QED) is 0.511. The Bertz CT molecular complexity index is 1330. The van der Waals surface area contributed by atoms with Crippen LogP contribution in [0.2, 0.25) is 0 Å². The van der Waals surface area contributed by atoms with Gasteiger partial charge in [0.05, 0.1) is 28.2 Å². The van der Waals surface area contributed by atoms with Gasteiger partial charge in [0.25, 0.3) is 5.56 Å². The molecule has 2 N–H and O–H groups in total. The van der Waals surface area contributed by atoms with Crippen molar-refractivity contribution >= 4 is 28.5 Å². The molecule has 9 heteroatoms. The van der Waals surface area contributed by atoms with Crippen molar-refractivity contribution in [1.82, 2.24) is 19.7 Å². The molecule has 2 amide bonds. The predicted octanol–water partition coefficient (Wildman–Crippen LogP) is 2.54. The van der Waals surface area contributed by atoms with Crippen molar-refractivity contribution in [1.29, 1.82) is 0 Å². The number of anilines is 1. The average Bonchev–Trinajstić information content (AvgIpc) is 3.36. The molecular formula is C21H16FN5O3. The molecule has 0 aliphatic carbocycles. The summed E-state index contributed by atoms with van der Waals surface area (Å²) in [6, 6.07) is 12.4. The van der Waals surface area contributed by atoms with Gasteiger partial charge in [-0.05, 0) is 43.3 Å². The number of rotatable bonds is 3. The molecule has 1 aliphatic rings. The van der Waals surface area contributed by atoms with Crippen LogP contribution in [0.5, 0.6) is 0 Å². The van der Waals surface area contributed by atoms with Gasteiger partial charge < -0.3 is 4.98 Å². The fourth-order valence-corrected chi connectivity index (χ4v) is 3.88. The third-order valence-electron chi connectivity index (χ3n) is 5.29. The minimum Gasteiger partial charge on any atom is -0.322 e. The molecule has 30 heavy (non-hydrogen) atoms. The van der Waals surface area contributed by atoms with Gasteiger partial charge in [-0.3, -0.25) is 19.5 Å². The number of H-pyrrole nitrogens is 2. The van der Waals surface area contributed by atoms with E-state index < -0.39 is 29.1 Å². The zero-order valence-electron chi connectivity index (χ0n) is 15.8. The Morgan fingerprint density at radius 2 is 1.80 bits per heavy atom. The lowest BCUT2D eigenvalue weighted by molar-refractivity contribution is -0.121. The van der Waals surface area contributed by atoms with Crippen LogP contribution in [0.4, 0.5) is 10.1 Å². The number of imidazole rings is 1. The molecule has 1 fully saturated rings. The van der Waals surface area contributed by atoms with Crippen molar-refractivity contribution in [3.63, 3.8) is 0 Å². The fourth-order valence-electron chi connectivity index (χ4n) is 3.88. The van der Waals surface area contributed by atoms with E-state index in [-0.39, 0.29) is 17.7 Å². The molecule has 3 heterocycles. The van der Waals surface area contributed by atoms with Crippen LogP contribution in [0.3, 0.4) is 0 Å². The van der Waals surface area contributed by atoms with E-state index in [1.165, 1.54) is 28.9 Å². The molecule has 5 rings (SSSR count). The standard InChI is InChI=1S/C21H16FN5O3/c1-11-18(14-10-17(28)26(19(14)29)13-8-6-12(22)7-9-13)20(30)27(25-11)21-23-15-4-2-3-5-16(15)24-21/h2-9,14,25H,10H2,1H3,(H,23,24)/t14-/m1/s1. The summed E-state index contributed by atoms with van der Waals surface area (Å²) >= 11 is 0. The van der Waals surface area contributed by atoms with E-state index in [1.807, 2.05) is 24.3 Å². The van der Waals surface area contributed by atoms with Gasteiger partial charge in [0.2, 0.25) is 17.8 Å². The van der Waals surface area contributed by atoms with E-state index in [9.17, 15) is 18.8 Å². The molecule has 1 saturated heterocycles. The number of nitrogens with zero attached hydrogens (tertiary/aromatic N) is 3. The largest absolute Gasteiger partial charge is 0.322 e. The van der Waals surface area contributed by atoms with Crippen molar-refractivity contribution in [2.75, 3.05) is 4.90 Å². The molecule has 8 nitrogen and oxygen atoms in total. The highest BCUT2D eigenvalue weighted by atomic mass is 19.1. The Hall–Kier alpha value is -4.01. The number of benzene rings is 2. The first-order valence-electron chi connectivity index (χ1n) is 9.33. The van der Waals surface area contributed by atoms with E-state index in [4.69, 9.17) is 0 Å². The molecule has 0 radical (unpaired) electrons. The summed E-state index contributed by atoms with van der Waals surface area (Å²) in [4.78, 5) is 47.2. The van der Waals surface area contributed by atoms with Crippen LogP contribution < -0.4 is 10.5 Å². The number of imide groups is 1. The van der Waals surface area contributed by atoms with Crippen molar-refractivity contribution in [2.24, 2.45) is 0 Å². The molecule has 0 saturated carbocycles. The van der Waals surface area contributed by atoms with Crippen LogP contribution >= 0.6 is 0 Å². The number of carbonyl (C=O) groups excluding carboxylic acids is 2. The number of para-hydroxylation sites is 2. The second kappa shape index (κ2) is 6.51. The van der Waals surface area contributed by atoms with Gasteiger partial charge >= 0.3 is 0 Å². The molecule has 0 unspecified atom stereocenters. The van der Waals surface area contributed by atoms with Crippen molar-refractivity contribution in [3.8, 4) is 5.95 Å². The molecule has 0 bridgehead atoms. The number of hydrogen-bond acceptors (Lipinski definition) is 4. The number of halogens is 1. The maximum atomic E-state index is 13.2. The Kier molecular flexibility index (Phi) is 3.92. The monoisotopic (exact) mass is 405 g/mol. The SMILES string of the molecule is Cc1[nH]n(-c2nc3ccccc3[nH]2)c(=O)c1[C@H]1CC(=O)N(c2ccc(F)cc2)C1=O. The maximum absolute atomic E-state index is 13.2. The first-order chi connectivity index (χ1) is 14.4. The second-order valence-corrected chi connectivity index (χ2v) is 7.17. The predicted molar refractivity (Wildman–Crippen MR) is 107 cm³/mol. The Labute approximate surface area is 168 Å². The summed E-state index contributed by atoms with van der Waals surface area (Å²) in [6.07, 6.45) is -0.135. The van der Waals surface area contributed by atoms with Gasteiger partial charge in [-0.2, -0.15) is 4.68 Å². The topological polar surface area (TPSA) is 104 Å². The van der Waals surface area contributed by atoms with Gasteiger partial charge in [0.1, 0.15) is 5.82 Å². The molecule has 1 aliphatic heterocycles. The van der Waals surface area contributed by atoms with E-state index in [1.54, 1.807) is 6.92 Å². The summed E-state index contributed by atoms with van der Waals surface area (Å²) < 4.78 is 14.4. The lowest BCUT2D eigenvalue weighted by atomic mass is 9.98. The summed E-state index contributed by atoms with van der Waals surface area (Å²) in [7, 11) is 0. The smallest absolute Gasteiger partial charge is 0.278 e. The zero-order chi connectivity index (χ0) is 21.0. The summed E-state index contributed by atoms with van der Waals surface area (Å²) in [6.45, 7) is 1.67. The lowest BCUT2D eigenvalue weighted by Crippen LogP contribution is -2.31. The molecule has 1 atom stereocenters. The zero-order valence-corrected chi connectivity index (χ0v) is 15.8. The molecule has 0 spiro atoms. The van der Waals surface area contributed by atoms with E-state index in [0.717, 1.165) is 10.4 Å². The van der Waals surface area contributed by atoms with Gasteiger partial charge in [0.15, 0.2) is 0 Å². The summed E-state index contributed by atoms with van der Waals surface area (Å²) in [5.74, 6) is -2.04. The third kappa shape index (κ3) is 2.66. The van der Waals surface area contributed by atoms with Crippen LogP contribution in [-0.2, 0) is 9.59 Å². The van der Waals surface area contributed by atoms with Crippen LogP contribution in [0.1, 0.15) is 23.6 Å². The highest BCUT2D eigenvalue weighted by Gasteiger charge is 2.43. The van der Waals surface area contributed by atoms with Crippen LogP contribution in [0.25, 0.3) is 17.0 Å². The Morgan fingerprint density at radius 3 is 2.53 bits per heavy atom. The number of aromatic amines is 2. The normalized spacial score (nSPS) is 16.7. The molecule has 2 aromatic heterocycles. The average molecular weight is 405 g/mol. The van der Waals surface area contributed by atoms with E-state index >= 15 is 0 Å². The van der Waals surface area contributed by atoms with Gasteiger partial charge in [0, 0.05) is 12.1 Å². The number of amides is 2.